The molecule has 0 saturated heterocycles. The highest BCUT2D eigenvalue weighted by atomic mass is 79.9. The quantitative estimate of drug-likeness (QED) is 0.829. The van der Waals surface area contributed by atoms with Crippen LogP contribution in [0, 0.1) is 11.6 Å². The largest absolute Gasteiger partial charge is 0.309 e. The van der Waals surface area contributed by atoms with Gasteiger partial charge in [-0.25, -0.2) is 8.78 Å². The van der Waals surface area contributed by atoms with Crippen molar-refractivity contribution >= 4 is 27.3 Å². The van der Waals surface area contributed by atoms with Crippen molar-refractivity contribution in [3.05, 3.63) is 56.2 Å². The van der Waals surface area contributed by atoms with Crippen molar-refractivity contribution in [3.8, 4) is 0 Å². The molecule has 1 aromatic carbocycles. The van der Waals surface area contributed by atoms with E-state index >= 15 is 0 Å². The molecule has 0 spiro atoms. The van der Waals surface area contributed by atoms with Crippen LogP contribution in [0.1, 0.15) is 23.4 Å². The van der Waals surface area contributed by atoms with Crippen LogP contribution in [0.25, 0.3) is 0 Å². The minimum absolute atomic E-state index is 0.0561. The van der Waals surface area contributed by atoms with Gasteiger partial charge in [0, 0.05) is 21.5 Å². The Bertz CT molecular complexity index is 536. The van der Waals surface area contributed by atoms with E-state index in [0.29, 0.717) is 12.0 Å². The normalized spacial score (nSPS) is 12.6. The number of benzene rings is 1. The van der Waals surface area contributed by atoms with Crippen LogP contribution < -0.4 is 5.32 Å². The first kappa shape index (κ1) is 14.6. The smallest absolute Gasteiger partial charge is 0.126 e. The second-order valence-corrected chi connectivity index (χ2v) is 6.03. The van der Waals surface area contributed by atoms with Gasteiger partial charge in [-0.05, 0) is 58.0 Å². The molecule has 0 bridgehead atoms. The van der Waals surface area contributed by atoms with Crippen LogP contribution in [-0.4, -0.2) is 6.54 Å². The standard InChI is InChI=1S/C14H14BrF2NS/c1-2-18-13(14-12(15)3-4-19-14)7-9-5-10(16)8-11(17)6-9/h3-6,8,13,18H,2,7H2,1H3. The highest BCUT2D eigenvalue weighted by molar-refractivity contribution is 9.10. The number of halogens is 3. The molecule has 1 nitrogen and oxygen atoms in total. The molecule has 0 fully saturated rings. The van der Waals surface area contributed by atoms with Gasteiger partial charge in [0.15, 0.2) is 0 Å². The summed E-state index contributed by atoms with van der Waals surface area (Å²) in [5, 5.41) is 5.34. The number of rotatable bonds is 5. The number of hydrogen-bond acceptors (Lipinski definition) is 2. The molecule has 102 valence electrons. The summed E-state index contributed by atoms with van der Waals surface area (Å²) in [7, 11) is 0. The molecule has 5 heteroatoms. The Balaban J connectivity index is 2.23. The molecule has 2 rings (SSSR count). The molecule has 1 unspecified atom stereocenters. The van der Waals surface area contributed by atoms with Gasteiger partial charge in [-0.15, -0.1) is 11.3 Å². The molecule has 0 saturated carbocycles. The molecule has 19 heavy (non-hydrogen) atoms. The zero-order chi connectivity index (χ0) is 13.8. The van der Waals surface area contributed by atoms with Gasteiger partial charge in [-0.1, -0.05) is 6.92 Å². The van der Waals surface area contributed by atoms with E-state index in [1.807, 2.05) is 18.4 Å². The summed E-state index contributed by atoms with van der Waals surface area (Å²) in [6, 6.07) is 5.70. The molecule has 0 aliphatic heterocycles. The van der Waals surface area contributed by atoms with Crippen molar-refractivity contribution in [2.45, 2.75) is 19.4 Å². The Labute approximate surface area is 123 Å². The van der Waals surface area contributed by atoms with Crippen molar-refractivity contribution in [2.24, 2.45) is 0 Å². The predicted octanol–water partition coefficient (Wildman–Crippen LogP) is 4.68. The fourth-order valence-corrected chi connectivity index (χ4v) is 3.75. The van der Waals surface area contributed by atoms with Crippen molar-refractivity contribution < 1.29 is 8.78 Å². The first-order valence-electron chi connectivity index (χ1n) is 6.01. The van der Waals surface area contributed by atoms with Crippen molar-refractivity contribution in [2.75, 3.05) is 6.54 Å². The van der Waals surface area contributed by atoms with Crippen LogP contribution in [0.5, 0.6) is 0 Å². The van der Waals surface area contributed by atoms with E-state index in [1.165, 1.54) is 12.1 Å². The van der Waals surface area contributed by atoms with Gasteiger partial charge in [0.05, 0.1) is 0 Å². The molecule has 0 amide bonds. The van der Waals surface area contributed by atoms with Crippen LogP contribution in [-0.2, 0) is 6.42 Å². The lowest BCUT2D eigenvalue weighted by Crippen LogP contribution is -2.22. The third-order valence-corrected chi connectivity index (χ3v) is 4.76. The maximum absolute atomic E-state index is 13.2. The summed E-state index contributed by atoms with van der Waals surface area (Å²) >= 11 is 5.13. The molecule has 1 atom stereocenters. The summed E-state index contributed by atoms with van der Waals surface area (Å²) in [5.41, 5.74) is 0.656. The third-order valence-electron chi connectivity index (χ3n) is 2.77. The van der Waals surface area contributed by atoms with E-state index in [0.717, 1.165) is 22.0 Å². The molecule has 0 aliphatic rings. The Hall–Kier alpha value is -0.780. The summed E-state index contributed by atoms with van der Waals surface area (Å²) < 4.78 is 27.5. The zero-order valence-electron chi connectivity index (χ0n) is 10.4. The van der Waals surface area contributed by atoms with E-state index in [1.54, 1.807) is 11.3 Å². The third kappa shape index (κ3) is 3.84. The number of thiophene rings is 1. The van der Waals surface area contributed by atoms with Crippen LogP contribution in [0.15, 0.2) is 34.1 Å². The van der Waals surface area contributed by atoms with Crippen LogP contribution in [0.2, 0.25) is 0 Å². The fourth-order valence-electron chi connectivity index (χ4n) is 2.02. The first-order chi connectivity index (χ1) is 9.10. The summed E-state index contributed by atoms with van der Waals surface area (Å²) in [6.45, 7) is 2.81. The summed E-state index contributed by atoms with van der Waals surface area (Å²) in [5.74, 6) is -1.06. The number of hydrogen-bond donors (Lipinski definition) is 1. The van der Waals surface area contributed by atoms with E-state index in [2.05, 4.69) is 21.2 Å². The molecule has 2 aromatic rings. The Kier molecular flexibility index (Phi) is 5.07. The Morgan fingerprint density at radius 3 is 2.47 bits per heavy atom. The van der Waals surface area contributed by atoms with Gasteiger partial charge in [-0.2, -0.15) is 0 Å². The number of nitrogens with one attached hydrogen (secondary N) is 1. The van der Waals surface area contributed by atoms with Gasteiger partial charge in [0.1, 0.15) is 11.6 Å². The molecule has 0 radical (unpaired) electrons. The average Bonchev–Trinajstić information content (AvgIpc) is 2.73. The lowest BCUT2D eigenvalue weighted by Gasteiger charge is -2.17. The van der Waals surface area contributed by atoms with Gasteiger partial charge < -0.3 is 5.32 Å². The van der Waals surface area contributed by atoms with E-state index < -0.39 is 11.6 Å². The van der Waals surface area contributed by atoms with Gasteiger partial charge in [0.25, 0.3) is 0 Å². The molecule has 1 heterocycles. The highest BCUT2D eigenvalue weighted by Crippen LogP contribution is 2.31. The second-order valence-electron chi connectivity index (χ2n) is 4.22. The minimum Gasteiger partial charge on any atom is -0.309 e. The SMILES string of the molecule is CCNC(Cc1cc(F)cc(F)c1)c1sccc1Br. The molecule has 1 aromatic heterocycles. The maximum atomic E-state index is 13.2. The van der Waals surface area contributed by atoms with Gasteiger partial charge in [0.2, 0.25) is 0 Å². The Morgan fingerprint density at radius 2 is 1.95 bits per heavy atom. The van der Waals surface area contributed by atoms with Gasteiger partial charge in [-0.3, -0.25) is 0 Å². The monoisotopic (exact) mass is 345 g/mol. The summed E-state index contributed by atoms with van der Waals surface area (Å²) in [6.07, 6.45) is 0.557. The molecule has 1 N–H and O–H groups in total. The first-order valence-corrected chi connectivity index (χ1v) is 7.68. The molecular formula is C14H14BrF2NS. The lowest BCUT2D eigenvalue weighted by molar-refractivity contribution is 0.544. The molecule has 0 aliphatic carbocycles. The van der Waals surface area contributed by atoms with Crippen molar-refractivity contribution in [1.82, 2.24) is 5.32 Å². The minimum atomic E-state index is -0.532. The zero-order valence-corrected chi connectivity index (χ0v) is 12.8. The topological polar surface area (TPSA) is 12.0 Å². The summed E-state index contributed by atoms with van der Waals surface area (Å²) in [4.78, 5) is 1.14. The van der Waals surface area contributed by atoms with Crippen LogP contribution in [0.4, 0.5) is 8.78 Å². The van der Waals surface area contributed by atoms with E-state index in [-0.39, 0.29) is 6.04 Å². The number of likely N-dealkylation sites (N-methyl/N-ethyl adjacent to an activating group) is 1. The lowest BCUT2D eigenvalue weighted by atomic mass is 10.0. The predicted molar refractivity (Wildman–Crippen MR) is 78.5 cm³/mol. The van der Waals surface area contributed by atoms with E-state index in [9.17, 15) is 8.78 Å². The van der Waals surface area contributed by atoms with Gasteiger partial charge >= 0.3 is 0 Å². The van der Waals surface area contributed by atoms with Crippen molar-refractivity contribution in [1.29, 1.82) is 0 Å². The second kappa shape index (κ2) is 6.59. The Morgan fingerprint density at radius 1 is 1.26 bits per heavy atom. The van der Waals surface area contributed by atoms with E-state index in [4.69, 9.17) is 0 Å². The highest BCUT2D eigenvalue weighted by Gasteiger charge is 2.16. The fraction of sp³-hybridized carbons (Fsp3) is 0.286. The molecular weight excluding hydrogens is 332 g/mol. The van der Waals surface area contributed by atoms with Crippen LogP contribution in [0.3, 0.4) is 0 Å². The van der Waals surface area contributed by atoms with Crippen LogP contribution >= 0.6 is 27.3 Å². The average molecular weight is 346 g/mol. The maximum Gasteiger partial charge on any atom is 0.126 e. The van der Waals surface area contributed by atoms with Crippen molar-refractivity contribution in [3.63, 3.8) is 0 Å².